The molecule has 0 spiro atoms. The van der Waals surface area contributed by atoms with Crippen LogP contribution in [0.5, 0.6) is 17.2 Å². The summed E-state index contributed by atoms with van der Waals surface area (Å²) in [6.07, 6.45) is 3.08. The van der Waals surface area contributed by atoms with E-state index in [1.807, 2.05) is 54.6 Å². The monoisotopic (exact) mass is 360 g/mol. The maximum atomic E-state index is 11.9. The molecule has 0 aromatic heterocycles. The maximum absolute atomic E-state index is 11.9. The minimum absolute atomic E-state index is 0.441. The van der Waals surface area contributed by atoms with Crippen LogP contribution in [0.1, 0.15) is 11.1 Å². The van der Waals surface area contributed by atoms with E-state index in [2.05, 4.69) is 0 Å². The molecular formula is C23H20O4. The molecule has 0 heterocycles. The lowest BCUT2D eigenvalue weighted by atomic mass is 10.2. The molecule has 0 radical (unpaired) electrons. The average molecular weight is 360 g/mol. The third-order valence-corrected chi connectivity index (χ3v) is 3.82. The van der Waals surface area contributed by atoms with Crippen molar-refractivity contribution in [1.29, 1.82) is 0 Å². The first-order chi connectivity index (χ1) is 13.2. The molecule has 0 fully saturated rings. The molecule has 0 saturated heterocycles. The zero-order valence-corrected chi connectivity index (χ0v) is 15.0. The summed E-state index contributed by atoms with van der Waals surface area (Å²) in [5, 5.41) is 0. The number of esters is 1. The topological polar surface area (TPSA) is 44.8 Å². The van der Waals surface area contributed by atoms with E-state index in [1.165, 1.54) is 6.08 Å². The molecule has 0 N–H and O–H groups in total. The Morgan fingerprint density at radius 1 is 0.815 bits per heavy atom. The maximum Gasteiger partial charge on any atom is 0.336 e. The van der Waals surface area contributed by atoms with Gasteiger partial charge in [-0.05, 0) is 53.6 Å². The summed E-state index contributed by atoms with van der Waals surface area (Å²) in [4.78, 5) is 11.9. The number of benzene rings is 3. The van der Waals surface area contributed by atoms with E-state index >= 15 is 0 Å². The van der Waals surface area contributed by atoms with Crippen LogP contribution in [-0.2, 0) is 11.4 Å². The first-order valence-electron chi connectivity index (χ1n) is 8.54. The van der Waals surface area contributed by atoms with E-state index in [4.69, 9.17) is 14.2 Å². The predicted octanol–water partition coefficient (Wildman–Crippen LogP) is 4.89. The number of carbonyl (C=O) groups is 1. The van der Waals surface area contributed by atoms with Crippen LogP contribution < -0.4 is 14.2 Å². The van der Waals surface area contributed by atoms with E-state index in [9.17, 15) is 4.79 Å². The zero-order valence-electron chi connectivity index (χ0n) is 15.0. The van der Waals surface area contributed by atoms with Gasteiger partial charge in [0.25, 0.3) is 0 Å². The van der Waals surface area contributed by atoms with Crippen molar-refractivity contribution in [2.45, 2.75) is 6.61 Å². The molecule has 3 aromatic rings. The number of carbonyl (C=O) groups excluding carboxylic acids is 1. The number of hydrogen-bond acceptors (Lipinski definition) is 4. The van der Waals surface area contributed by atoms with Gasteiger partial charge >= 0.3 is 5.97 Å². The summed E-state index contributed by atoms with van der Waals surface area (Å²) in [6, 6.07) is 24.3. The van der Waals surface area contributed by atoms with Crippen molar-refractivity contribution in [3.63, 3.8) is 0 Å². The van der Waals surface area contributed by atoms with Crippen molar-refractivity contribution in [2.75, 3.05) is 7.11 Å². The Morgan fingerprint density at radius 2 is 1.44 bits per heavy atom. The van der Waals surface area contributed by atoms with Crippen molar-refractivity contribution in [1.82, 2.24) is 0 Å². The van der Waals surface area contributed by atoms with Gasteiger partial charge in [0.15, 0.2) is 0 Å². The number of methoxy groups -OCH3 is 1. The second kappa shape index (κ2) is 9.25. The van der Waals surface area contributed by atoms with Gasteiger partial charge in [-0.25, -0.2) is 4.79 Å². The molecule has 0 atom stereocenters. The fraction of sp³-hybridized carbons (Fsp3) is 0.0870. The minimum atomic E-state index is -0.441. The molecule has 3 rings (SSSR count). The van der Waals surface area contributed by atoms with E-state index in [0.29, 0.717) is 18.1 Å². The van der Waals surface area contributed by atoms with Gasteiger partial charge in [-0.15, -0.1) is 0 Å². The molecule has 0 amide bonds. The van der Waals surface area contributed by atoms with Crippen LogP contribution in [0.15, 0.2) is 84.9 Å². The molecule has 0 aliphatic carbocycles. The highest BCUT2D eigenvalue weighted by atomic mass is 16.5. The number of ether oxygens (including phenoxy) is 3. The van der Waals surface area contributed by atoms with Crippen LogP contribution in [0.25, 0.3) is 6.08 Å². The normalized spacial score (nSPS) is 10.6. The number of hydrogen-bond donors (Lipinski definition) is 0. The van der Waals surface area contributed by atoms with Crippen LogP contribution in [-0.4, -0.2) is 13.1 Å². The Morgan fingerprint density at radius 3 is 2.11 bits per heavy atom. The van der Waals surface area contributed by atoms with Crippen molar-refractivity contribution >= 4 is 12.0 Å². The SMILES string of the molecule is COc1ccc(/C=C/C(=O)Oc2ccc(OCc3ccccc3)cc2)cc1. The molecule has 0 bridgehead atoms. The summed E-state index contributed by atoms with van der Waals surface area (Å²) in [5.41, 5.74) is 1.98. The Balaban J connectivity index is 1.51. The molecule has 27 heavy (non-hydrogen) atoms. The van der Waals surface area contributed by atoms with Gasteiger partial charge in [0.2, 0.25) is 0 Å². The minimum Gasteiger partial charge on any atom is -0.497 e. The van der Waals surface area contributed by atoms with Gasteiger partial charge < -0.3 is 14.2 Å². The second-order valence-corrected chi connectivity index (χ2v) is 5.77. The number of rotatable bonds is 7. The lowest BCUT2D eigenvalue weighted by Gasteiger charge is -2.07. The van der Waals surface area contributed by atoms with Crippen molar-refractivity contribution < 1.29 is 19.0 Å². The zero-order chi connectivity index (χ0) is 18.9. The van der Waals surface area contributed by atoms with Gasteiger partial charge in [0, 0.05) is 6.08 Å². The summed E-state index contributed by atoms with van der Waals surface area (Å²) in [6.45, 7) is 0.491. The van der Waals surface area contributed by atoms with Gasteiger partial charge in [-0.1, -0.05) is 42.5 Å². The van der Waals surface area contributed by atoms with E-state index in [-0.39, 0.29) is 0 Å². The van der Waals surface area contributed by atoms with Gasteiger partial charge in [0.05, 0.1) is 7.11 Å². The fourth-order valence-electron chi connectivity index (χ4n) is 2.37. The summed E-state index contributed by atoms with van der Waals surface area (Å²) >= 11 is 0. The van der Waals surface area contributed by atoms with Gasteiger partial charge in [-0.2, -0.15) is 0 Å². The molecule has 3 aromatic carbocycles. The highest BCUT2D eigenvalue weighted by molar-refractivity contribution is 5.88. The highest BCUT2D eigenvalue weighted by Crippen LogP contribution is 2.19. The quantitative estimate of drug-likeness (QED) is 0.342. The molecule has 0 aliphatic heterocycles. The molecule has 4 nitrogen and oxygen atoms in total. The Bertz CT molecular complexity index is 882. The predicted molar refractivity (Wildman–Crippen MR) is 105 cm³/mol. The van der Waals surface area contributed by atoms with E-state index in [0.717, 1.165) is 16.9 Å². The Hall–Kier alpha value is -3.53. The van der Waals surface area contributed by atoms with Gasteiger partial charge in [-0.3, -0.25) is 0 Å². The van der Waals surface area contributed by atoms with Crippen molar-refractivity contribution in [3.05, 3.63) is 96.1 Å². The van der Waals surface area contributed by atoms with Crippen LogP contribution in [0.4, 0.5) is 0 Å². The van der Waals surface area contributed by atoms with Crippen LogP contribution in [0.3, 0.4) is 0 Å². The first kappa shape index (κ1) is 18.3. The molecule has 0 unspecified atom stereocenters. The lowest BCUT2D eigenvalue weighted by Crippen LogP contribution is -2.03. The summed E-state index contributed by atoms with van der Waals surface area (Å²) < 4.78 is 16.1. The Labute approximate surface area is 158 Å². The standard InChI is InChI=1S/C23H20O4/c1-25-20-10-7-18(8-11-20)9-16-23(24)27-22-14-12-21(13-15-22)26-17-19-5-3-2-4-6-19/h2-16H,17H2,1H3/b16-9+. The largest absolute Gasteiger partial charge is 0.497 e. The lowest BCUT2D eigenvalue weighted by molar-refractivity contribution is -0.128. The molecule has 136 valence electrons. The van der Waals surface area contributed by atoms with Crippen LogP contribution in [0, 0.1) is 0 Å². The van der Waals surface area contributed by atoms with E-state index < -0.39 is 5.97 Å². The fourth-order valence-corrected chi connectivity index (χ4v) is 2.37. The summed E-state index contributed by atoms with van der Waals surface area (Å²) in [7, 11) is 1.61. The average Bonchev–Trinajstić information content (AvgIpc) is 2.73. The smallest absolute Gasteiger partial charge is 0.336 e. The van der Waals surface area contributed by atoms with E-state index in [1.54, 1.807) is 37.5 Å². The third kappa shape index (κ3) is 5.75. The summed E-state index contributed by atoms with van der Waals surface area (Å²) in [5.74, 6) is 1.51. The molecule has 4 heteroatoms. The van der Waals surface area contributed by atoms with Crippen LogP contribution in [0.2, 0.25) is 0 Å². The Kier molecular flexibility index (Phi) is 6.26. The second-order valence-electron chi connectivity index (χ2n) is 5.77. The van der Waals surface area contributed by atoms with Gasteiger partial charge in [0.1, 0.15) is 23.9 Å². The van der Waals surface area contributed by atoms with Crippen molar-refractivity contribution in [3.8, 4) is 17.2 Å². The molecular weight excluding hydrogens is 340 g/mol. The molecule has 0 saturated carbocycles. The molecule has 0 aliphatic rings. The third-order valence-electron chi connectivity index (χ3n) is 3.82. The van der Waals surface area contributed by atoms with Crippen molar-refractivity contribution in [2.24, 2.45) is 0 Å². The van der Waals surface area contributed by atoms with Crippen LogP contribution >= 0.6 is 0 Å². The highest BCUT2D eigenvalue weighted by Gasteiger charge is 2.02. The first-order valence-corrected chi connectivity index (χ1v) is 8.54.